The quantitative estimate of drug-likeness (QED) is 0.647. The Kier molecular flexibility index (Phi) is 5.57. The van der Waals surface area contributed by atoms with Crippen LogP contribution in [0.4, 0.5) is 10.1 Å². The van der Waals surface area contributed by atoms with Gasteiger partial charge in [0.05, 0.1) is 33.5 Å². The highest BCUT2D eigenvalue weighted by Gasteiger charge is 2.44. The molecule has 2 heterocycles. The lowest BCUT2D eigenvalue weighted by molar-refractivity contribution is -0.121. The molecule has 0 radical (unpaired) electrons. The summed E-state index contributed by atoms with van der Waals surface area (Å²) in [5, 5.41) is 0.351. The summed E-state index contributed by atoms with van der Waals surface area (Å²) in [5.74, 6) is -1.46. The lowest BCUT2D eigenvalue weighted by Crippen LogP contribution is -2.47. The van der Waals surface area contributed by atoms with E-state index >= 15 is 0 Å². The van der Waals surface area contributed by atoms with Crippen LogP contribution in [0.25, 0.3) is 5.57 Å². The van der Waals surface area contributed by atoms with Crippen LogP contribution in [-0.4, -0.2) is 42.0 Å². The van der Waals surface area contributed by atoms with Crippen LogP contribution < -0.4 is 4.90 Å². The molecule has 2 aliphatic heterocycles. The van der Waals surface area contributed by atoms with Gasteiger partial charge < -0.3 is 9.64 Å². The number of carbonyl (C=O) groups excluding carboxylic acids is 2. The minimum absolute atomic E-state index is 0.115. The molecule has 156 valence electrons. The van der Waals surface area contributed by atoms with E-state index in [0.29, 0.717) is 18.7 Å². The van der Waals surface area contributed by atoms with Gasteiger partial charge in [0.25, 0.3) is 11.8 Å². The minimum atomic E-state index is -0.530. The molecular formula is C22H19Cl2FN2O3. The van der Waals surface area contributed by atoms with Gasteiger partial charge in [0, 0.05) is 13.1 Å². The van der Waals surface area contributed by atoms with E-state index in [1.54, 1.807) is 18.2 Å². The molecule has 2 aromatic carbocycles. The van der Waals surface area contributed by atoms with Crippen molar-refractivity contribution in [1.29, 1.82) is 0 Å². The monoisotopic (exact) mass is 448 g/mol. The maximum absolute atomic E-state index is 13.5. The van der Waals surface area contributed by atoms with Gasteiger partial charge in [0.1, 0.15) is 11.5 Å². The topological polar surface area (TPSA) is 49.9 Å². The third-order valence-electron chi connectivity index (χ3n) is 5.10. The number of imide groups is 1. The molecule has 8 heteroatoms. The number of rotatable bonds is 3. The number of ether oxygens (including phenoxy) is 1. The molecule has 0 aromatic heterocycles. The van der Waals surface area contributed by atoms with Crippen LogP contribution in [0.1, 0.15) is 19.4 Å². The Balaban J connectivity index is 1.86. The number of hydrogen-bond donors (Lipinski definition) is 0. The smallest absolute Gasteiger partial charge is 0.282 e. The maximum atomic E-state index is 13.5. The van der Waals surface area contributed by atoms with Crippen molar-refractivity contribution in [1.82, 2.24) is 4.90 Å². The lowest BCUT2D eigenvalue weighted by Gasteiger charge is -2.37. The van der Waals surface area contributed by atoms with E-state index in [2.05, 4.69) is 0 Å². The number of hydrogen-bond acceptors (Lipinski definition) is 4. The molecule has 2 unspecified atom stereocenters. The number of benzene rings is 2. The standard InChI is InChI=1S/C22H19Cl2FN2O3/c1-12-10-26(11-13(2)30-12)20-18(14-6-8-15(25)9-7-14)21(28)27(22(20)29)17-5-3-4-16(23)19(17)24/h3-9,12-13H,10-11H2,1-2H3. The van der Waals surface area contributed by atoms with Crippen LogP contribution >= 0.6 is 23.2 Å². The Hall–Kier alpha value is -2.41. The number of halogens is 3. The fraction of sp³-hybridized carbons (Fsp3) is 0.273. The van der Waals surface area contributed by atoms with Crippen LogP contribution in [-0.2, 0) is 14.3 Å². The van der Waals surface area contributed by atoms with Crippen LogP contribution in [0.15, 0.2) is 48.2 Å². The number of amides is 2. The first-order valence-electron chi connectivity index (χ1n) is 9.51. The summed E-state index contributed by atoms with van der Waals surface area (Å²) in [6.07, 6.45) is -0.246. The summed E-state index contributed by atoms with van der Waals surface area (Å²) in [4.78, 5) is 29.9. The first kappa shape index (κ1) is 20.8. The predicted octanol–water partition coefficient (Wildman–Crippen LogP) is 4.53. The van der Waals surface area contributed by atoms with Gasteiger partial charge in [0.2, 0.25) is 0 Å². The molecule has 1 fully saturated rings. The highest BCUT2D eigenvalue weighted by atomic mass is 35.5. The second-order valence-corrected chi connectivity index (χ2v) is 8.20. The molecule has 0 aliphatic carbocycles. The van der Waals surface area contributed by atoms with Crippen molar-refractivity contribution in [3.05, 3.63) is 69.6 Å². The van der Waals surface area contributed by atoms with Crippen molar-refractivity contribution >= 4 is 46.3 Å². The molecule has 1 saturated heterocycles. The predicted molar refractivity (Wildman–Crippen MR) is 114 cm³/mol. The molecule has 0 spiro atoms. The van der Waals surface area contributed by atoms with E-state index in [9.17, 15) is 14.0 Å². The van der Waals surface area contributed by atoms with E-state index in [1.807, 2.05) is 18.7 Å². The van der Waals surface area contributed by atoms with E-state index in [0.717, 1.165) is 4.90 Å². The van der Waals surface area contributed by atoms with E-state index < -0.39 is 17.6 Å². The zero-order valence-corrected chi connectivity index (χ0v) is 17.9. The Morgan fingerprint density at radius 2 is 1.60 bits per heavy atom. The summed E-state index contributed by atoms with van der Waals surface area (Å²) in [6, 6.07) is 10.3. The van der Waals surface area contributed by atoms with Gasteiger partial charge in [-0.1, -0.05) is 41.4 Å². The number of morpholine rings is 1. The number of anilines is 1. The first-order chi connectivity index (χ1) is 14.3. The van der Waals surface area contributed by atoms with Crippen LogP contribution in [0, 0.1) is 5.82 Å². The van der Waals surface area contributed by atoms with Gasteiger partial charge in [-0.2, -0.15) is 0 Å². The maximum Gasteiger partial charge on any atom is 0.282 e. The van der Waals surface area contributed by atoms with Crippen LogP contribution in [0.5, 0.6) is 0 Å². The average molecular weight is 449 g/mol. The zero-order chi connectivity index (χ0) is 21.6. The van der Waals surface area contributed by atoms with Gasteiger partial charge in [-0.3, -0.25) is 9.59 Å². The van der Waals surface area contributed by atoms with Crippen LogP contribution in [0.2, 0.25) is 10.0 Å². The van der Waals surface area contributed by atoms with Gasteiger partial charge >= 0.3 is 0 Å². The lowest BCUT2D eigenvalue weighted by atomic mass is 10.0. The molecule has 2 atom stereocenters. The molecule has 2 aliphatic rings. The minimum Gasteiger partial charge on any atom is -0.372 e. The molecule has 0 bridgehead atoms. The van der Waals surface area contributed by atoms with Crippen LogP contribution in [0.3, 0.4) is 0 Å². The molecule has 30 heavy (non-hydrogen) atoms. The summed E-state index contributed by atoms with van der Waals surface area (Å²) in [6.45, 7) is 4.71. The Labute approximate surface area is 183 Å². The second-order valence-electron chi connectivity index (χ2n) is 7.41. The molecule has 5 nitrogen and oxygen atoms in total. The summed E-state index contributed by atoms with van der Waals surface area (Å²) < 4.78 is 19.3. The SMILES string of the molecule is CC1CN(C2=C(c3ccc(F)cc3)C(=O)N(c3cccc(Cl)c3Cl)C2=O)CC(C)O1. The third-order valence-corrected chi connectivity index (χ3v) is 5.91. The van der Waals surface area contributed by atoms with Gasteiger partial charge in [-0.05, 0) is 43.7 Å². The van der Waals surface area contributed by atoms with E-state index in [4.69, 9.17) is 27.9 Å². The van der Waals surface area contributed by atoms with Crippen molar-refractivity contribution in [2.75, 3.05) is 18.0 Å². The number of carbonyl (C=O) groups is 2. The Bertz CT molecular complexity index is 1040. The normalized spacial score (nSPS) is 22.3. The third kappa shape index (κ3) is 3.60. The highest BCUT2D eigenvalue weighted by molar-refractivity contribution is 6.49. The second kappa shape index (κ2) is 8.02. The van der Waals surface area contributed by atoms with E-state index in [-0.39, 0.29) is 39.2 Å². The number of nitrogens with zero attached hydrogens (tertiary/aromatic N) is 2. The zero-order valence-electron chi connectivity index (χ0n) is 16.4. The molecule has 0 N–H and O–H groups in total. The average Bonchev–Trinajstić information content (AvgIpc) is 2.94. The first-order valence-corrected chi connectivity index (χ1v) is 10.3. The van der Waals surface area contributed by atoms with Crippen molar-refractivity contribution < 1.29 is 18.7 Å². The van der Waals surface area contributed by atoms with Crippen molar-refractivity contribution in [3.63, 3.8) is 0 Å². The fourth-order valence-electron chi connectivity index (χ4n) is 3.93. The summed E-state index contributed by atoms with van der Waals surface area (Å²) >= 11 is 12.4. The molecule has 4 rings (SSSR count). The highest BCUT2D eigenvalue weighted by Crippen LogP contribution is 2.40. The molecular weight excluding hydrogens is 430 g/mol. The molecule has 0 saturated carbocycles. The largest absolute Gasteiger partial charge is 0.372 e. The van der Waals surface area contributed by atoms with Gasteiger partial charge in [0.15, 0.2) is 0 Å². The molecule has 2 amide bonds. The fourth-order valence-corrected chi connectivity index (χ4v) is 4.31. The summed E-state index contributed by atoms with van der Waals surface area (Å²) in [5.41, 5.74) is 1.13. The summed E-state index contributed by atoms with van der Waals surface area (Å²) in [7, 11) is 0. The van der Waals surface area contributed by atoms with Crippen molar-refractivity contribution in [2.45, 2.75) is 26.1 Å². The van der Waals surface area contributed by atoms with Crippen molar-refractivity contribution in [2.24, 2.45) is 0 Å². The Morgan fingerprint density at radius 1 is 0.967 bits per heavy atom. The van der Waals surface area contributed by atoms with Gasteiger partial charge in [-0.25, -0.2) is 9.29 Å². The molecule has 2 aromatic rings. The van der Waals surface area contributed by atoms with E-state index in [1.165, 1.54) is 24.3 Å². The van der Waals surface area contributed by atoms with Crippen molar-refractivity contribution in [3.8, 4) is 0 Å². The Morgan fingerprint density at radius 3 is 2.23 bits per heavy atom. The van der Waals surface area contributed by atoms with Gasteiger partial charge in [-0.15, -0.1) is 0 Å².